The third-order valence-electron chi connectivity index (χ3n) is 2.80. The summed E-state index contributed by atoms with van der Waals surface area (Å²) < 4.78 is 31.6. The van der Waals surface area contributed by atoms with Crippen molar-refractivity contribution in [2.75, 3.05) is 0 Å². The minimum Gasteiger partial charge on any atom is -0.328 e. The van der Waals surface area contributed by atoms with E-state index in [1.54, 1.807) is 0 Å². The van der Waals surface area contributed by atoms with Gasteiger partial charge in [-0.05, 0) is 37.8 Å². The van der Waals surface area contributed by atoms with Gasteiger partial charge in [-0.15, -0.1) is 0 Å². The molecule has 2 atom stereocenters. The Bertz CT molecular complexity index is 613. The van der Waals surface area contributed by atoms with Crippen LogP contribution in [0.5, 0.6) is 0 Å². The molecule has 0 bridgehead atoms. The second kappa shape index (κ2) is 14.9. The predicted octanol–water partition coefficient (Wildman–Crippen LogP) is 2.50. The summed E-state index contributed by atoms with van der Waals surface area (Å²) in [5.41, 5.74) is 13.9. The van der Waals surface area contributed by atoms with E-state index in [4.69, 9.17) is 29.0 Å². The third kappa shape index (κ3) is 20.8. The minimum atomic E-state index is -4.67. The van der Waals surface area contributed by atoms with Crippen molar-refractivity contribution in [3.63, 3.8) is 0 Å². The van der Waals surface area contributed by atoms with Crippen LogP contribution in [0.1, 0.15) is 25.0 Å². The summed E-state index contributed by atoms with van der Waals surface area (Å²) >= 11 is 0. The fraction of sp³-hybridized carbons (Fsp3) is 0.333. The van der Waals surface area contributed by atoms with Gasteiger partial charge in [0.05, 0.1) is 0 Å². The van der Waals surface area contributed by atoms with Crippen molar-refractivity contribution in [3.8, 4) is 0 Å². The van der Waals surface area contributed by atoms with Crippen LogP contribution in [-0.2, 0) is 40.3 Å². The fourth-order valence-corrected chi connectivity index (χ4v) is 1.97. The monoisotopic (exact) mass is 431 g/mol. The molecule has 0 aromatic heterocycles. The molecule has 0 aliphatic heterocycles. The third-order valence-corrected chi connectivity index (χ3v) is 2.80. The van der Waals surface area contributed by atoms with Gasteiger partial charge in [0.15, 0.2) is 0 Å². The topological polar surface area (TPSA) is 127 Å². The zero-order valence-electron chi connectivity index (χ0n) is 14.9. The van der Waals surface area contributed by atoms with Gasteiger partial charge in [-0.1, -0.05) is 60.7 Å². The number of hydrogen-bond donors (Lipinski definition) is 4. The molecule has 0 aliphatic rings. The average molecular weight is 432 g/mol. The van der Waals surface area contributed by atoms with Crippen LogP contribution in [0.3, 0.4) is 0 Å². The molecule has 151 valence electrons. The summed E-state index contributed by atoms with van der Waals surface area (Å²) in [4.78, 5) is 0. The number of rotatable bonds is 4. The Labute approximate surface area is 167 Å². The molecule has 0 aliphatic carbocycles. The summed E-state index contributed by atoms with van der Waals surface area (Å²) in [5.74, 6) is 0. The summed E-state index contributed by atoms with van der Waals surface area (Å²) in [7, 11) is -4.67. The molecule has 0 saturated carbocycles. The standard InChI is InChI=1S/2C9H13N.Cu.H2O4S/c2*1-8(10)7-9-5-3-2-4-6-9;;1-5(2,3)4/h2*2-6,8H,7,10H2,1H3;;(H2,1,2,3,4)/t2*8-;;/m00../s1. The van der Waals surface area contributed by atoms with Gasteiger partial charge in [0.25, 0.3) is 0 Å². The molecule has 26 heavy (non-hydrogen) atoms. The molecule has 0 amide bonds. The molecule has 0 spiro atoms. The van der Waals surface area contributed by atoms with E-state index in [-0.39, 0.29) is 29.2 Å². The van der Waals surface area contributed by atoms with Gasteiger partial charge < -0.3 is 11.5 Å². The quantitative estimate of drug-likeness (QED) is 0.435. The summed E-state index contributed by atoms with van der Waals surface area (Å²) in [5, 5.41) is 0. The Morgan fingerprint density at radius 2 is 1.00 bits per heavy atom. The van der Waals surface area contributed by atoms with E-state index >= 15 is 0 Å². The van der Waals surface area contributed by atoms with Gasteiger partial charge in [-0.3, -0.25) is 9.11 Å². The predicted molar refractivity (Wildman–Crippen MR) is 102 cm³/mol. The molecular weight excluding hydrogens is 404 g/mol. The van der Waals surface area contributed by atoms with E-state index in [0.29, 0.717) is 0 Å². The van der Waals surface area contributed by atoms with Gasteiger partial charge in [0, 0.05) is 29.2 Å². The van der Waals surface area contributed by atoms with Crippen LogP contribution in [0.2, 0.25) is 0 Å². The van der Waals surface area contributed by atoms with Crippen molar-refractivity contribution < 1.29 is 34.6 Å². The van der Waals surface area contributed by atoms with Crippen LogP contribution >= 0.6 is 0 Å². The first-order valence-corrected chi connectivity index (χ1v) is 9.26. The maximum atomic E-state index is 8.74. The Morgan fingerprint density at radius 3 is 1.19 bits per heavy atom. The Hall–Kier alpha value is -1.25. The number of benzene rings is 2. The van der Waals surface area contributed by atoms with Crippen molar-refractivity contribution in [1.82, 2.24) is 0 Å². The van der Waals surface area contributed by atoms with Crippen LogP contribution in [0.15, 0.2) is 60.7 Å². The van der Waals surface area contributed by atoms with Gasteiger partial charge in [0.1, 0.15) is 0 Å². The molecule has 0 heterocycles. The first kappa shape index (κ1) is 27.0. The normalized spacial score (nSPS) is 12.2. The Balaban J connectivity index is 0. The smallest absolute Gasteiger partial charge is 0.328 e. The first-order chi connectivity index (χ1) is 11.6. The Kier molecular flexibility index (Phi) is 15.4. The molecule has 2 aromatic rings. The van der Waals surface area contributed by atoms with Gasteiger partial charge in [-0.25, -0.2) is 0 Å². The van der Waals surface area contributed by atoms with E-state index < -0.39 is 10.4 Å². The van der Waals surface area contributed by atoms with Crippen molar-refractivity contribution >= 4 is 10.4 Å². The van der Waals surface area contributed by atoms with Crippen LogP contribution < -0.4 is 11.5 Å². The van der Waals surface area contributed by atoms with E-state index in [2.05, 4.69) is 24.3 Å². The molecule has 8 heteroatoms. The maximum absolute atomic E-state index is 8.74. The van der Waals surface area contributed by atoms with Crippen LogP contribution in [0.4, 0.5) is 0 Å². The molecule has 2 aromatic carbocycles. The van der Waals surface area contributed by atoms with Crippen molar-refractivity contribution in [1.29, 1.82) is 0 Å². The van der Waals surface area contributed by atoms with Gasteiger partial charge in [0.2, 0.25) is 0 Å². The minimum absolute atomic E-state index is 0. The van der Waals surface area contributed by atoms with Crippen molar-refractivity contribution in [2.45, 2.75) is 38.8 Å². The van der Waals surface area contributed by atoms with E-state index in [9.17, 15) is 0 Å². The zero-order chi connectivity index (χ0) is 19.3. The van der Waals surface area contributed by atoms with Crippen LogP contribution in [0.25, 0.3) is 0 Å². The molecule has 0 saturated heterocycles. The SMILES string of the molecule is C[C@H](N)Cc1ccccc1.C[C@H](N)Cc1ccccc1.O=S(=O)(O)O.[Cu]. The van der Waals surface area contributed by atoms with E-state index in [0.717, 1.165) is 12.8 Å². The Morgan fingerprint density at radius 1 is 0.769 bits per heavy atom. The molecule has 6 nitrogen and oxygen atoms in total. The second-order valence-corrected chi connectivity index (χ2v) is 6.68. The summed E-state index contributed by atoms with van der Waals surface area (Å²) in [6, 6.07) is 21.1. The van der Waals surface area contributed by atoms with Crippen molar-refractivity contribution in [3.05, 3.63) is 71.8 Å². The van der Waals surface area contributed by atoms with Gasteiger partial charge >= 0.3 is 10.4 Å². The molecule has 6 N–H and O–H groups in total. The molecular formula is C18H28CuN2O4S. The van der Waals surface area contributed by atoms with E-state index in [1.807, 2.05) is 50.2 Å². The van der Waals surface area contributed by atoms with Crippen LogP contribution in [0, 0.1) is 0 Å². The largest absolute Gasteiger partial charge is 0.394 e. The fourth-order valence-electron chi connectivity index (χ4n) is 1.97. The van der Waals surface area contributed by atoms with E-state index in [1.165, 1.54) is 11.1 Å². The first-order valence-electron chi connectivity index (χ1n) is 7.86. The zero-order valence-corrected chi connectivity index (χ0v) is 16.7. The maximum Gasteiger partial charge on any atom is 0.394 e. The van der Waals surface area contributed by atoms with Crippen LogP contribution in [-0.4, -0.2) is 29.6 Å². The van der Waals surface area contributed by atoms with Crippen molar-refractivity contribution in [2.24, 2.45) is 11.5 Å². The summed E-state index contributed by atoms with van der Waals surface area (Å²) in [6.07, 6.45) is 1.95. The molecule has 2 rings (SSSR count). The molecule has 0 unspecified atom stereocenters. The summed E-state index contributed by atoms with van der Waals surface area (Å²) in [6.45, 7) is 4.04. The van der Waals surface area contributed by atoms with Gasteiger partial charge in [-0.2, -0.15) is 8.42 Å². The number of hydrogen-bond acceptors (Lipinski definition) is 4. The number of nitrogens with two attached hydrogens (primary N) is 2. The average Bonchev–Trinajstić information content (AvgIpc) is 2.47. The molecule has 1 radical (unpaired) electrons. The second-order valence-electron chi connectivity index (χ2n) is 5.78. The molecule has 0 fully saturated rings.